The van der Waals surface area contributed by atoms with Crippen molar-refractivity contribution in [3.8, 4) is 5.75 Å². The maximum absolute atomic E-state index is 12.4. The van der Waals surface area contributed by atoms with E-state index in [0.29, 0.717) is 21.4 Å². The molecule has 0 aliphatic heterocycles. The third kappa shape index (κ3) is 5.02. The zero-order chi connectivity index (χ0) is 19.4. The highest BCUT2D eigenvalue weighted by atomic mass is 35.5. The average molecular weight is 407 g/mol. The maximum atomic E-state index is 12.4. The number of ketones is 1. The van der Waals surface area contributed by atoms with Gasteiger partial charge in [-0.05, 0) is 68.0 Å². The molecule has 27 heavy (non-hydrogen) atoms. The number of carbonyl (C=O) groups is 2. The third-order valence-electron chi connectivity index (χ3n) is 4.55. The molecule has 1 aliphatic rings. The molecule has 0 saturated heterocycles. The molecule has 6 heteroatoms. The largest absolute Gasteiger partial charge is 0.477 e. The molecule has 142 valence electrons. The second-order valence-corrected chi connectivity index (χ2v) is 7.40. The highest BCUT2D eigenvalue weighted by Gasteiger charge is 2.20. The minimum Gasteiger partial charge on any atom is -0.477 e. The van der Waals surface area contributed by atoms with Gasteiger partial charge in [-0.15, -0.1) is 0 Å². The number of fused-ring (bicyclic) bond motifs is 1. The molecule has 0 N–H and O–H groups in total. The lowest BCUT2D eigenvalue weighted by Gasteiger charge is -2.17. The molecule has 0 unspecified atom stereocenters. The van der Waals surface area contributed by atoms with Crippen LogP contribution in [-0.2, 0) is 22.4 Å². The van der Waals surface area contributed by atoms with Crippen molar-refractivity contribution in [3.05, 3.63) is 63.1 Å². The van der Waals surface area contributed by atoms with E-state index in [1.165, 1.54) is 30.5 Å². The van der Waals surface area contributed by atoms with Gasteiger partial charge in [0.2, 0.25) is 0 Å². The van der Waals surface area contributed by atoms with Crippen molar-refractivity contribution in [2.24, 2.45) is 0 Å². The first kappa shape index (κ1) is 19.7. The third-order valence-corrected chi connectivity index (χ3v) is 5.08. The van der Waals surface area contributed by atoms with Crippen molar-refractivity contribution in [2.75, 3.05) is 6.61 Å². The number of Topliss-reactive ketones (excluding diaryl/α,β-unsaturated/α-hetero) is 1. The zero-order valence-electron chi connectivity index (χ0n) is 15.0. The van der Waals surface area contributed by atoms with Crippen molar-refractivity contribution >= 4 is 35.0 Å². The van der Waals surface area contributed by atoms with E-state index in [4.69, 9.17) is 32.7 Å². The molecule has 0 spiro atoms. The summed E-state index contributed by atoms with van der Waals surface area (Å²) in [4.78, 5) is 24.5. The van der Waals surface area contributed by atoms with Gasteiger partial charge in [0.25, 0.3) is 0 Å². The smallest absolute Gasteiger partial charge is 0.347 e. The number of rotatable bonds is 6. The highest BCUT2D eigenvalue weighted by Crippen LogP contribution is 2.28. The van der Waals surface area contributed by atoms with Crippen LogP contribution >= 0.6 is 23.2 Å². The molecule has 0 heterocycles. The van der Waals surface area contributed by atoms with Crippen molar-refractivity contribution < 1.29 is 19.1 Å². The van der Waals surface area contributed by atoms with Crippen LogP contribution in [0.5, 0.6) is 5.75 Å². The minimum atomic E-state index is -0.903. The molecule has 2 aromatic rings. The Morgan fingerprint density at radius 2 is 1.78 bits per heavy atom. The van der Waals surface area contributed by atoms with Gasteiger partial charge in [-0.3, -0.25) is 4.79 Å². The van der Waals surface area contributed by atoms with E-state index in [0.717, 1.165) is 19.3 Å². The Morgan fingerprint density at radius 1 is 1.04 bits per heavy atom. The van der Waals surface area contributed by atoms with E-state index in [-0.39, 0.29) is 12.4 Å². The fraction of sp³-hybridized carbons (Fsp3) is 0.333. The van der Waals surface area contributed by atoms with Crippen LogP contribution in [0.15, 0.2) is 36.4 Å². The van der Waals surface area contributed by atoms with E-state index >= 15 is 0 Å². The SMILES string of the molecule is C[C@@H](Oc1ccc(Cl)cc1Cl)C(=O)OCC(=O)c1ccc2c(c1)CCCC2. The van der Waals surface area contributed by atoms with Crippen molar-refractivity contribution in [1.29, 1.82) is 0 Å². The van der Waals surface area contributed by atoms with Gasteiger partial charge in [0, 0.05) is 10.6 Å². The van der Waals surface area contributed by atoms with Gasteiger partial charge < -0.3 is 9.47 Å². The molecular formula is C21H20Cl2O4. The molecule has 0 fully saturated rings. The second kappa shape index (κ2) is 8.77. The van der Waals surface area contributed by atoms with E-state index < -0.39 is 12.1 Å². The Kier molecular flexibility index (Phi) is 6.40. The Labute approximate surface area is 168 Å². The molecule has 2 aromatic carbocycles. The predicted octanol–water partition coefficient (Wildman–Crippen LogP) is 5.07. The monoisotopic (exact) mass is 406 g/mol. The van der Waals surface area contributed by atoms with Gasteiger partial charge in [-0.25, -0.2) is 4.79 Å². The number of hydrogen-bond donors (Lipinski definition) is 0. The molecule has 3 rings (SSSR count). The van der Waals surface area contributed by atoms with Gasteiger partial charge in [-0.1, -0.05) is 35.3 Å². The fourth-order valence-corrected chi connectivity index (χ4v) is 3.51. The van der Waals surface area contributed by atoms with Crippen LogP contribution in [0.4, 0.5) is 0 Å². The molecular weight excluding hydrogens is 387 g/mol. The summed E-state index contributed by atoms with van der Waals surface area (Å²) in [5, 5.41) is 0.769. The maximum Gasteiger partial charge on any atom is 0.347 e. The van der Waals surface area contributed by atoms with Gasteiger partial charge in [0.15, 0.2) is 18.5 Å². The zero-order valence-corrected chi connectivity index (χ0v) is 16.5. The van der Waals surface area contributed by atoms with Crippen LogP contribution in [0.25, 0.3) is 0 Å². The first-order valence-corrected chi connectivity index (χ1v) is 9.63. The first-order valence-electron chi connectivity index (χ1n) is 8.87. The van der Waals surface area contributed by atoms with Crippen molar-refractivity contribution in [1.82, 2.24) is 0 Å². The topological polar surface area (TPSA) is 52.6 Å². The highest BCUT2D eigenvalue weighted by molar-refractivity contribution is 6.35. The standard InChI is InChI=1S/C21H20Cl2O4/c1-13(27-20-9-8-17(22)11-18(20)23)21(25)26-12-19(24)16-7-6-14-4-2-3-5-15(14)10-16/h6-11,13H,2-5,12H2,1H3/t13-/m1/s1. The van der Waals surface area contributed by atoms with E-state index in [9.17, 15) is 9.59 Å². The number of aryl methyl sites for hydroxylation is 2. The summed E-state index contributed by atoms with van der Waals surface area (Å²) >= 11 is 11.9. The minimum absolute atomic E-state index is 0.228. The van der Waals surface area contributed by atoms with Crippen LogP contribution < -0.4 is 4.74 Å². The van der Waals surface area contributed by atoms with Gasteiger partial charge >= 0.3 is 5.97 Å². The Morgan fingerprint density at radius 3 is 2.52 bits per heavy atom. The summed E-state index contributed by atoms with van der Waals surface area (Å²) in [6.07, 6.45) is 3.47. The van der Waals surface area contributed by atoms with E-state index in [1.54, 1.807) is 18.2 Å². The van der Waals surface area contributed by atoms with Gasteiger partial charge in [-0.2, -0.15) is 0 Å². The lowest BCUT2D eigenvalue weighted by molar-refractivity contribution is -0.149. The molecule has 1 aliphatic carbocycles. The van der Waals surface area contributed by atoms with Gasteiger partial charge in [0.05, 0.1) is 5.02 Å². The lowest BCUT2D eigenvalue weighted by atomic mass is 9.90. The molecule has 0 aromatic heterocycles. The number of halogens is 2. The Bertz CT molecular complexity index is 863. The summed E-state index contributed by atoms with van der Waals surface area (Å²) in [5.74, 6) is -0.535. The summed E-state index contributed by atoms with van der Waals surface area (Å²) in [7, 11) is 0. The fourth-order valence-electron chi connectivity index (χ4n) is 3.05. The number of hydrogen-bond acceptors (Lipinski definition) is 4. The summed E-state index contributed by atoms with van der Waals surface area (Å²) in [5.41, 5.74) is 3.09. The van der Waals surface area contributed by atoms with Crippen LogP contribution in [-0.4, -0.2) is 24.5 Å². The molecule has 0 saturated carbocycles. The predicted molar refractivity (Wildman–Crippen MR) is 105 cm³/mol. The number of benzene rings is 2. The van der Waals surface area contributed by atoms with Crippen LogP contribution in [0.3, 0.4) is 0 Å². The lowest BCUT2D eigenvalue weighted by Crippen LogP contribution is -2.28. The second-order valence-electron chi connectivity index (χ2n) is 6.56. The summed E-state index contributed by atoms with van der Waals surface area (Å²) < 4.78 is 10.6. The Hall–Kier alpha value is -2.04. The quantitative estimate of drug-likeness (QED) is 0.496. The van der Waals surface area contributed by atoms with Gasteiger partial charge in [0.1, 0.15) is 5.75 Å². The molecule has 0 radical (unpaired) electrons. The van der Waals surface area contributed by atoms with E-state index in [2.05, 4.69) is 0 Å². The average Bonchev–Trinajstić information content (AvgIpc) is 2.67. The molecule has 4 nitrogen and oxygen atoms in total. The summed E-state index contributed by atoms with van der Waals surface area (Å²) in [6, 6.07) is 10.4. The van der Waals surface area contributed by atoms with Crippen LogP contribution in [0, 0.1) is 0 Å². The molecule has 1 atom stereocenters. The summed E-state index contributed by atoms with van der Waals surface area (Å²) in [6.45, 7) is 1.22. The van der Waals surface area contributed by atoms with Crippen LogP contribution in [0.1, 0.15) is 41.3 Å². The number of ether oxygens (including phenoxy) is 2. The first-order chi connectivity index (χ1) is 12.9. The van der Waals surface area contributed by atoms with E-state index in [1.807, 2.05) is 12.1 Å². The molecule has 0 bridgehead atoms. The Balaban J connectivity index is 1.55. The normalized spacial score (nSPS) is 14.2. The van der Waals surface area contributed by atoms with Crippen molar-refractivity contribution in [3.63, 3.8) is 0 Å². The van der Waals surface area contributed by atoms with Crippen molar-refractivity contribution in [2.45, 2.75) is 38.7 Å². The number of carbonyl (C=O) groups excluding carboxylic acids is 2. The van der Waals surface area contributed by atoms with Crippen LogP contribution in [0.2, 0.25) is 10.0 Å². The number of esters is 1. The molecule has 0 amide bonds.